The Morgan fingerprint density at radius 3 is 3.30 bits per heavy atom. The molecule has 1 aliphatic heterocycles. The van der Waals surface area contributed by atoms with E-state index in [1.54, 1.807) is 0 Å². The van der Waals surface area contributed by atoms with Crippen LogP contribution in [-0.4, -0.2) is 16.4 Å². The number of hydrogen-bond donors (Lipinski definition) is 0. The van der Waals surface area contributed by atoms with Crippen LogP contribution in [0.5, 0.6) is 0 Å². The van der Waals surface area contributed by atoms with Crippen molar-refractivity contribution >= 4 is 0 Å². The second kappa shape index (κ2) is 2.09. The van der Waals surface area contributed by atoms with Gasteiger partial charge in [0.25, 0.3) is 0 Å². The largest absolute Gasteiger partial charge is 0.366 e. The van der Waals surface area contributed by atoms with Crippen molar-refractivity contribution in [3.05, 3.63) is 18.0 Å². The zero-order valence-electron chi connectivity index (χ0n) is 5.95. The van der Waals surface area contributed by atoms with Crippen molar-refractivity contribution in [3.63, 3.8) is 0 Å². The Balaban J connectivity index is 2.28. The van der Waals surface area contributed by atoms with Gasteiger partial charge in [0.1, 0.15) is 6.10 Å². The summed E-state index contributed by atoms with van der Waals surface area (Å²) in [6.45, 7) is 3.88. The molecule has 0 saturated carbocycles. The second-order valence-electron chi connectivity index (χ2n) is 2.39. The summed E-state index contributed by atoms with van der Waals surface area (Å²) < 4.78 is 7.10. The Morgan fingerprint density at radius 1 is 1.90 bits per heavy atom. The number of aromatic nitrogens is 2. The van der Waals surface area contributed by atoms with Crippen molar-refractivity contribution in [1.82, 2.24) is 9.78 Å². The van der Waals surface area contributed by atoms with Crippen LogP contribution < -0.4 is 0 Å². The molecule has 1 atom stereocenters. The van der Waals surface area contributed by atoms with E-state index in [2.05, 4.69) is 12.0 Å². The molecule has 2 heterocycles. The summed E-state index contributed by atoms with van der Waals surface area (Å²) >= 11 is 0. The molecule has 0 aliphatic carbocycles. The van der Waals surface area contributed by atoms with Gasteiger partial charge in [-0.15, -0.1) is 0 Å². The van der Waals surface area contributed by atoms with Crippen LogP contribution in [0.15, 0.2) is 12.3 Å². The lowest BCUT2D eigenvalue weighted by atomic mass is 10.3. The van der Waals surface area contributed by atoms with Crippen molar-refractivity contribution in [3.8, 4) is 0 Å². The highest BCUT2D eigenvalue weighted by Crippen LogP contribution is 2.28. The predicted octanol–water partition coefficient (Wildman–Crippen LogP) is 0.974. The molecule has 0 amide bonds. The minimum atomic E-state index is 0.336. The van der Waals surface area contributed by atoms with Gasteiger partial charge in [0.2, 0.25) is 0 Å². The number of nitrogens with zero attached hydrogens (tertiary/aromatic N) is 2. The molecular weight excluding hydrogens is 128 g/mol. The maximum Gasteiger partial charge on any atom is 0.123 e. The highest BCUT2D eigenvalue weighted by molar-refractivity contribution is 5.08. The number of rotatable bonds is 2. The van der Waals surface area contributed by atoms with Crippen LogP contribution >= 0.6 is 0 Å². The van der Waals surface area contributed by atoms with E-state index in [1.165, 1.54) is 5.69 Å². The molecule has 0 bridgehead atoms. The summed E-state index contributed by atoms with van der Waals surface area (Å²) in [7, 11) is 0. The first-order valence-corrected chi connectivity index (χ1v) is 3.55. The molecule has 3 heteroatoms. The molecule has 1 aliphatic rings. The Morgan fingerprint density at radius 2 is 2.70 bits per heavy atom. The first-order chi connectivity index (χ1) is 4.92. The number of ether oxygens (including phenoxy) is 1. The average molecular weight is 138 g/mol. The highest BCUT2D eigenvalue weighted by Gasteiger charge is 2.27. The van der Waals surface area contributed by atoms with Gasteiger partial charge in [-0.3, -0.25) is 4.68 Å². The van der Waals surface area contributed by atoms with Crippen molar-refractivity contribution in [1.29, 1.82) is 0 Å². The van der Waals surface area contributed by atoms with E-state index in [1.807, 2.05) is 16.9 Å². The molecule has 1 saturated heterocycles. The second-order valence-corrected chi connectivity index (χ2v) is 2.39. The summed E-state index contributed by atoms with van der Waals surface area (Å²) in [6, 6.07) is 2.02. The zero-order chi connectivity index (χ0) is 6.97. The first kappa shape index (κ1) is 5.92. The third-order valence-electron chi connectivity index (χ3n) is 1.71. The maximum atomic E-state index is 5.13. The smallest absolute Gasteiger partial charge is 0.123 e. The van der Waals surface area contributed by atoms with Gasteiger partial charge in [-0.1, -0.05) is 0 Å². The Hall–Kier alpha value is -0.830. The van der Waals surface area contributed by atoms with Crippen molar-refractivity contribution < 1.29 is 4.74 Å². The molecular formula is C7H10N2O. The average Bonchev–Trinajstić information content (AvgIpc) is 2.69. The molecule has 1 aromatic rings. The molecule has 1 fully saturated rings. The van der Waals surface area contributed by atoms with Gasteiger partial charge in [-0.25, -0.2) is 0 Å². The zero-order valence-corrected chi connectivity index (χ0v) is 5.95. The third-order valence-corrected chi connectivity index (χ3v) is 1.71. The van der Waals surface area contributed by atoms with Gasteiger partial charge < -0.3 is 4.74 Å². The Kier molecular flexibility index (Phi) is 1.24. The van der Waals surface area contributed by atoms with Crippen LogP contribution in [-0.2, 0) is 11.3 Å². The predicted molar refractivity (Wildman–Crippen MR) is 36.6 cm³/mol. The van der Waals surface area contributed by atoms with Gasteiger partial charge in [0, 0.05) is 12.7 Å². The van der Waals surface area contributed by atoms with Crippen molar-refractivity contribution in [2.45, 2.75) is 19.6 Å². The minimum absolute atomic E-state index is 0.336. The number of hydrogen-bond acceptors (Lipinski definition) is 2. The molecule has 0 spiro atoms. The summed E-state index contributed by atoms with van der Waals surface area (Å²) in [5.74, 6) is 0. The van der Waals surface area contributed by atoms with Gasteiger partial charge in [-0.05, 0) is 13.0 Å². The highest BCUT2D eigenvalue weighted by atomic mass is 16.6. The van der Waals surface area contributed by atoms with E-state index in [9.17, 15) is 0 Å². The quantitative estimate of drug-likeness (QED) is 0.570. The molecule has 0 radical (unpaired) electrons. The lowest BCUT2D eigenvalue weighted by Crippen LogP contribution is -2.00. The molecule has 2 rings (SSSR count). The van der Waals surface area contributed by atoms with Crippen molar-refractivity contribution in [2.24, 2.45) is 0 Å². The van der Waals surface area contributed by atoms with Crippen LogP contribution in [0.4, 0.5) is 0 Å². The SMILES string of the molecule is CCn1nccc1C1CO1. The molecule has 54 valence electrons. The fourth-order valence-corrected chi connectivity index (χ4v) is 1.10. The van der Waals surface area contributed by atoms with Crippen LogP contribution in [0.25, 0.3) is 0 Å². The van der Waals surface area contributed by atoms with Gasteiger partial charge >= 0.3 is 0 Å². The van der Waals surface area contributed by atoms with E-state index in [0.717, 1.165) is 13.2 Å². The molecule has 1 aromatic heterocycles. The molecule has 10 heavy (non-hydrogen) atoms. The fourth-order valence-electron chi connectivity index (χ4n) is 1.10. The number of aryl methyl sites for hydroxylation is 1. The van der Waals surface area contributed by atoms with Crippen LogP contribution in [0.2, 0.25) is 0 Å². The summed E-state index contributed by atoms with van der Waals surface area (Å²) in [6.07, 6.45) is 2.16. The third kappa shape index (κ3) is 0.827. The van der Waals surface area contributed by atoms with Crippen molar-refractivity contribution in [2.75, 3.05) is 6.61 Å². The Bertz CT molecular complexity index is 227. The molecule has 1 unspecified atom stereocenters. The van der Waals surface area contributed by atoms with E-state index in [-0.39, 0.29) is 0 Å². The van der Waals surface area contributed by atoms with E-state index >= 15 is 0 Å². The van der Waals surface area contributed by atoms with Gasteiger partial charge in [-0.2, -0.15) is 5.10 Å². The normalized spacial score (nSPS) is 23.1. The first-order valence-electron chi connectivity index (χ1n) is 3.55. The number of epoxide rings is 1. The summed E-state index contributed by atoms with van der Waals surface area (Å²) in [5.41, 5.74) is 1.21. The fraction of sp³-hybridized carbons (Fsp3) is 0.571. The molecule has 0 aromatic carbocycles. The van der Waals surface area contributed by atoms with Gasteiger partial charge in [0.05, 0.1) is 12.3 Å². The van der Waals surface area contributed by atoms with Gasteiger partial charge in [0.15, 0.2) is 0 Å². The lowest BCUT2D eigenvalue weighted by molar-refractivity contribution is 0.400. The maximum absolute atomic E-state index is 5.13. The summed E-state index contributed by atoms with van der Waals surface area (Å²) in [5, 5.41) is 4.13. The van der Waals surface area contributed by atoms with E-state index < -0.39 is 0 Å². The van der Waals surface area contributed by atoms with Crippen LogP contribution in [0.3, 0.4) is 0 Å². The van der Waals surface area contributed by atoms with Crippen LogP contribution in [0, 0.1) is 0 Å². The van der Waals surface area contributed by atoms with Crippen LogP contribution in [0.1, 0.15) is 18.7 Å². The lowest BCUT2D eigenvalue weighted by Gasteiger charge is -1.98. The summed E-state index contributed by atoms with van der Waals surface area (Å²) in [4.78, 5) is 0. The molecule has 0 N–H and O–H groups in total. The monoisotopic (exact) mass is 138 g/mol. The minimum Gasteiger partial charge on any atom is -0.366 e. The Labute approximate surface area is 59.6 Å². The van der Waals surface area contributed by atoms with E-state index in [0.29, 0.717) is 6.10 Å². The topological polar surface area (TPSA) is 30.4 Å². The standard InChI is InChI=1S/C7H10N2O/c1-2-9-6(3-4-8-9)7-5-10-7/h3-4,7H,2,5H2,1H3. The molecule has 3 nitrogen and oxygen atoms in total. The van der Waals surface area contributed by atoms with E-state index in [4.69, 9.17) is 4.74 Å².